The number of hydrogen-bond acceptors (Lipinski definition) is 2. The number of benzene rings is 1. The molecule has 106 valence electrons. The van der Waals surface area contributed by atoms with Crippen molar-refractivity contribution in [2.24, 2.45) is 17.6 Å². The molecule has 1 saturated carbocycles. The largest absolute Gasteiger partial charge is 0.369 e. The third-order valence-electron chi connectivity index (χ3n) is 4.66. The maximum absolute atomic E-state index is 6.30. The Kier molecular flexibility index (Phi) is 5.00. The van der Waals surface area contributed by atoms with Gasteiger partial charge in [-0.3, -0.25) is 0 Å². The zero-order valence-electron chi connectivity index (χ0n) is 12.4. The van der Waals surface area contributed by atoms with Crippen LogP contribution >= 0.6 is 0 Å². The summed E-state index contributed by atoms with van der Waals surface area (Å²) in [6, 6.07) is 8.41. The first-order valence-corrected chi connectivity index (χ1v) is 7.52. The normalized spacial score (nSPS) is 29.2. The third kappa shape index (κ3) is 3.58. The molecule has 4 atom stereocenters. The lowest BCUT2D eigenvalue weighted by molar-refractivity contribution is -0.0451. The predicted molar refractivity (Wildman–Crippen MR) is 80.0 cm³/mol. The minimum atomic E-state index is 0.0480. The van der Waals surface area contributed by atoms with Crippen LogP contribution in [0.2, 0.25) is 0 Å². The number of aryl methyl sites for hydroxylation is 1. The van der Waals surface area contributed by atoms with Crippen molar-refractivity contribution in [1.82, 2.24) is 0 Å². The summed E-state index contributed by atoms with van der Waals surface area (Å²) in [5.41, 5.74) is 8.45. The standard InChI is InChI=1S/C17H27NO/c1-12-8-9-15(10-14(12)3)19-17(11-18)16-7-5-4-6-13(16)2/h4-7,12,14-15,17H,8-11,18H2,1-3H3. The Morgan fingerprint density at radius 1 is 1.21 bits per heavy atom. The molecule has 1 aliphatic carbocycles. The van der Waals surface area contributed by atoms with Crippen molar-refractivity contribution in [3.05, 3.63) is 35.4 Å². The van der Waals surface area contributed by atoms with Crippen LogP contribution in [0.3, 0.4) is 0 Å². The van der Waals surface area contributed by atoms with Crippen molar-refractivity contribution in [2.45, 2.75) is 52.2 Å². The second-order valence-electron chi connectivity index (χ2n) is 6.11. The van der Waals surface area contributed by atoms with Gasteiger partial charge in [0.2, 0.25) is 0 Å². The van der Waals surface area contributed by atoms with Gasteiger partial charge in [0, 0.05) is 6.54 Å². The Morgan fingerprint density at radius 2 is 1.95 bits per heavy atom. The SMILES string of the molecule is Cc1ccccc1C(CN)OC1CCC(C)C(C)C1. The van der Waals surface area contributed by atoms with Gasteiger partial charge in [0.25, 0.3) is 0 Å². The highest BCUT2D eigenvalue weighted by Gasteiger charge is 2.27. The number of ether oxygens (including phenoxy) is 1. The fourth-order valence-electron chi connectivity index (χ4n) is 3.06. The van der Waals surface area contributed by atoms with E-state index in [1.165, 1.54) is 30.4 Å². The van der Waals surface area contributed by atoms with Gasteiger partial charge in [-0.05, 0) is 49.1 Å². The van der Waals surface area contributed by atoms with E-state index in [1.54, 1.807) is 0 Å². The molecule has 1 aromatic carbocycles. The molecular weight excluding hydrogens is 234 g/mol. The highest BCUT2D eigenvalue weighted by molar-refractivity contribution is 5.28. The summed E-state index contributed by atoms with van der Waals surface area (Å²) in [5.74, 6) is 1.59. The lowest BCUT2D eigenvalue weighted by Gasteiger charge is -2.34. The van der Waals surface area contributed by atoms with E-state index >= 15 is 0 Å². The lowest BCUT2D eigenvalue weighted by atomic mass is 9.80. The van der Waals surface area contributed by atoms with E-state index < -0.39 is 0 Å². The molecule has 19 heavy (non-hydrogen) atoms. The van der Waals surface area contributed by atoms with Crippen LogP contribution in [0, 0.1) is 18.8 Å². The summed E-state index contributed by atoms with van der Waals surface area (Å²) in [6.45, 7) is 7.38. The van der Waals surface area contributed by atoms with Crippen LogP contribution in [-0.4, -0.2) is 12.6 Å². The Bertz CT molecular complexity index is 404. The molecule has 0 spiro atoms. The fourth-order valence-corrected chi connectivity index (χ4v) is 3.06. The summed E-state index contributed by atoms with van der Waals surface area (Å²) < 4.78 is 6.30. The van der Waals surface area contributed by atoms with Crippen molar-refractivity contribution in [3.63, 3.8) is 0 Å². The Balaban J connectivity index is 2.02. The molecule has 1 aliphatic rings. The summed E-state index contributed by atoms with van der Waals surface area (Å²) in [4.78, 5) is 0. The Morgan fingerprint density at radius 3 is 2.58 bits per heavy atom. The van der Waals surface area contributed by atoms with E-state index in [0.29, 0.717) is 12.6 Å². The van der Waals surface area contributed by atoms with Crippen molar-refractivity contribution in [3.8, 4) is 0 Å². The fraction of sp³-hybridized carbons (Fsp3) is 0.647. The van der Waals surface area contributed by atoms with Crippen LogP contribution in [0.4, 0.5) is 0 Å². The van der Waals surface area contributed by atoms with Gasteiger partial charge in [-0.2, -0.15) is 0 Å². The third-order valence-corrected chi connectivity index (χ3v) is 4.66. The summed E-state index contributed by atoms with van der Waals surface area (Å²) >= 11 is 0. The molecule has 0 aromatic heterocycles. The van der Waals surface area contributed by atoms with Crippen LogP contribution in [-0.2, 0) is 4.74 Å². The van der Waals surface area contributed by atoms with E-state index in [1.807, 2.05) is 0 Å². The number of hydrogen-bond donors (Lipinski definition) is 1. The minimum Gasteiger partial charge on any atom is -0.369 e. The molecule has 1 aromatic rings. The van der Waals surface area contributed by atoms with Crippen molar-refractivity contribution in [2.75, 3.05) is 6.54 Å². The molecule has 0 saturated heterocycles. The molecular formula is C17H27NO. The minimum absolute atomic E-state index is 0.0480. The summed E-state index contributed by atoms with van der Waals surface area (Å²) in [5, 5.41) is 0. The van der Waals surface area contributed by atoms with Gasteiger partial charge in [-0.15, -0.1) is 0 Å². The van der Waals surface area contributed by atoms with E-state index in [4.69, 9.17) is 10.5 Å². The average molecular weight is 261 g/mol. The van der Waals surface area contributed by atoms with Crippen LogP contribution in [0.25, 0.3) is 0 Å². The maximum Gasteiger partial charge on any atom is 0.0953 e. The molecule has 0 radical (unpaired) electrons. The molecule has 2 heteroatoms. The molecule has 0 aliphatic heterocycles. The topological polar surface area (TPSA) is 35.2 Å². The molecule has 0 bridgehead atoms. The zero-order valence-corrected chi connectivity index (χ0v) is 12.4. The van der Waals surface area contributed by atoms with Crippen LogP contribution in [0.15, 0.2) is 24.3 Å². The quantitative estimate of drug-likeness (QED) is 0.894. The van der Waals surface area contributed by atoms with Crippen LogP contribution in [0.1, 0.15) is 50.3 Å². The van der Waals surface area contributed by atoms with E-state index in [2.05, 4.69) is 45.0 Å². The van der Waals surface area contributed by atoms with Crippen molar-refractivity contribution in [1.29, 1.82) is 0 Å². The van der Waals surface area contributed by atoms with Gasteiger partial charge in [-0.1, -0.05) is 38.1 Å². The molecule has 0 heterocycles. The molecule has 2 nitrogen and oxygen atoms in total. The van der Waals surface area contributed by atoms with Gasteiger partial charge in [0.15, 0.2) is 0 Å². The van der Waals surface area contributed by atoms with Gasteiger partial charge in [-0.25, -0.2) is 0 Å². The number of rotatable bonds is 4. The van der Waals surface area contributed by atoms with Gasteiger partial charge < -0.3 is 10.5 Å². The van der Waals surface area contributed by atoms with Crippen molar-refractivity contribution < 1.29 is 4.74 Å². The molecule has 4 unspecified atom stereocenters. The summed E-state index contributed by atoms with van der Waals surface area (Å²) in [7, 11) is 0. The second kappa shape index (κ2) is 6.53. The number of nitrogens with two attached hydrogens (primary N) is 1. The van der Waals surface area contributed by atoms with Crippen LogP contribution in [0.5, 0.6) is 0 Å². The van der Waals surface area contributed by atoms with Crippen LogP contribution < -0.4 is 5.73 Å². The van der Waals surface area contributed by atoms with Gasteiger partial charge >= 0.3 is 0 Å². The van der Waals surface area contributed by atoms with Crippen molar-refractivity contribution >= 4 is 0 Å². The first-order valence-electron chi connectivity index (χ1n) is 7.52. The summed E-state index contributed by atoms with van der Waals surface area (Å²) in [6.07, 6.45) is 4.04. The predicted octanol–water partition coefficient (Wildman–Crippen LogP) is 3.84. The average Bonchev–Trinajstić information content (AvgIpc) is 2.41. The molecule has 2 rings (SSSR count). The molecule has 0 amide bonds. The van der Waals surface area contributed by atoms with E-state index in [9.17, 15) is 0 Å². The smallest absolute Gasteiger partial charge is 0.0953 e. The molecule has 1 fully saturated rings. The first kappa shape index (κ1) is 14.5. The Hall–Kier alpha value is -0.860. The van der Waals surface area contributed by atoms with E-state index in [0.717, 1.165) is 11.8 Å². The van der Waals surface area contributed by atoms with Gasteiger partial charge in [0.05, 0.1) is 12.2 Å². The first-order chi connectivity index (χ1) is 9.11. The van der Waals surface area contributed by atoms with Gasteiger partial charge in [0.1, 0.15) is 0 Å². The maximum atomic E-state index is 6.30. The highest BCUT2D eigenvalue weighted by Crippen LogP contribution is 2.33. The highest BCUT2D eigenvalue weighted by atomic mass is 16.5. The van der Waals surface area contributed by atoms with E-state index in [-0.39, 0.29) is 6.10 Å². The lowest BCUT2D eigenvalue weighted by Crippen LogP contribution is -2.30. The second-order valence-corrected chi connectivity index (χ2v) is 6.11. The zero-order chi connectivity index (χ0) is 13.8. The monoisotopic (exact) mass is 261 g/mol. The Labute approximate surface area is 117 Å². The molecule has 2 N–H and O–H groups in total.